The smallest absolute Gasteiger partial charge is 0.408 e. The summed E-state index contributed by atoms with van der Waals surface area (Å²) in [5, 5.41) is 2.61. The number of rotatable bonds is 5. The number of hydrogen-bond acceptors (Lipinski definition) is 4. The zero-order valence-electron chi connectivity index (χ0n) is 13.6. The second-order valence-electron chi connectivity index (χ2n) is 6.77. The molecule has 1 amide bonds. The molecule has 0 saturated carbocycles. The number of alkyl carbamates (subject to hydrolysis) is 1. The van der Waals surface area contributed by atoms with E-state index >= 15 is 0 Å². The molecule has 0 saturated heterocycles. The maximum Gasteiger partial charge on any atom is 0.408 e. The third kappa shape index (κ3) is 6.23. The molecule has 116 valence electrons. The van der Waals surface area contributed by atoms with Gasteiger partial charge in [0.1, 0.15) is 11.6 Å². The molecule has 0 radical (unpaired) electrons. The van der Waals surface area contributed by atoms with E-state index in [1.807, 2.05) is 0 Å². The van der Waals surface area contributed by atoms with E-state index in [-0.39, 0.29) is 5.54 Å². The third-order valence-corrected chi connectivity index (χ3v) is 5.31. The number of methoxy groups -OCH3 is 1. The van der Waals surface area contributed by atoms with E-state index in [0.29, 0.717) is 0 Å². The van der Waals surface area contributed by atoms with Crippen LogP contribution in [0.1, 0.15) is 20.8 Å². The van der Waals surface area contributed by atoms with Crippen molar-refractivity contribution in [2.75, 3.05) is 7.11 Å². The quantitative estimate of drug-likeness (QED) is 0.482. The molecule has 0 aromatic carbocycles. The molecule has 1 N–H and O–H groups in total. The van der Waals surface area contributed by atoms with Gasteiger partial charge in [0.25, 0.3) is 0 Å². The van der Waals surface area contributed by atoms with Crippen LogP contribution in [-0.2, 0) is 14.3 Å². The molecule has 0 aliphatic rings. The van der Waals surface area contributed by atoms with Crippen LogP contribution in [0, 0.1) is 0 Å². The lowest BCUT2D eigenvalue weighted by Crippen LogP contribution is -2.51. The van der Waals surface area contributed by atoms with Crippen molar-refractivity contribution >= 4 is 20.1 Å². The van der Waals surface area contributed by atoms with E-state index in [2.05, 4.69) is 31.5 Å². The molecule has 0 aliphatic carbocycles. The monoisotopic (exact) mass is 301 g/mol. The SMILES string of the molecule is C=C[C@H]([C@H](NC(=O)OC(C)(C)C)C(=O)OC)[Si](C)(C)C. The highest BCUT2D eigenvalue weighted by molar-refractivity contribution is 6.78. The standard InChI is InChI=1S/C14H27NO4Si/c1-9-10(20(6,7)8)11(12(16)18-5)15-13(17)19-14(2,3)4/h9-11H,1H2,2-8H3,(H,15,17)/t10-,11+/m1/s1. The van der Waals surface area contributed by atoms with Gasteiger partial charge >= 0.3 is 12.1 Å². The molecule has 2 atom stereocenters. The number of carbonyl (C=O) groups is 2. The Kier molecular flexibility index (Phi) is 6.47. The highest BCUT2D eigenvalue weighted by Crippen LogP contribution is 2.27. The summed E-state index contributed by atoms with van der Waals surface area (Å²) in [5.41, 5.74) is -0.754. The van der Waals surface area contributed by atoms with Crippen LogP contribution in [0.25, 0.3) is 0 Å². The lowest BCUT2D eigenvalue weighted by Gasteiger charge is -2.32. The van der Waals surface area contributed by atoms with Gasteiger partial charge in [-0.25, -0.2) is 9.59 Å². The number of amides is 1. The first-order chi connectivity index (χ1) is 8.92. The van der Waals surface area contributed by atoms with Crippen molar-refractivity contribution in [3.63, 3.8) is 0 Å². The first-order valence-corrected chi connectivity index (χ1v) is 10.2. The van der Waals surface area contributed by atoms with E-state index in [9.17, 15) is 9.59 Å². The van der Waals surface area contributed by atoms with Crippen molar-refractivity contribution in [3.05, 3.63) is 12.7 Å². The Morgan fingerprint density at radius 1 is 1.25 bits per heavy atom. The average molecular weight is 301 g/mol. The fourth-order valence-corrected chi connectivity index (χ4v) is 3.77. The van der Waals surface area contributed by atoms with Crippen molar-refractivity contribution < 1.29 is 19.1 Å². The lowest BCUT2D eigenvalue weighted by atomic mass is 10.2. The second-order valence-corrected chi connectivity index (χ2v) is 12.2. The number of carbonyl (C=O) groups excluding carboxylic acids is 2. The van der Waals surface area contributed by atoms with Crippen molar-refractivity contribution in [2.24, 2.45) is 0 Å². The van der Waals surface area contributed by atoms with Gasteiger partial charge in [0.2, 0.25) is 0 Å². The van der Waals surface area contributed by atoms with Crippen LogP contribution >= 0.6 is 0 Å². The minimum Gasteiger partial charge on any atom is -0.467 e. The molecule has 6 heteroatoms. The molecule has 20 heavy (non-hydrogen) atoms. The molecule has 0 unspecified atom stereocenters. The second kappa shape index (κ2) is 6.92. The number of hydrogen-bond donors (Lipinski definition) is 1. The summed E-state index contributed by atoms with van der Waals surface area (Å²) in [6, 6.07) is -0.765. The van der Waals surface area contributed by atoms with E-state index in [4.69, 9.17) is 9.47 Å². The zero-order chi connectivity index (χ0) is 16.1. The minimum atomic E-state index is -1.74. The predicted molar refractivity (Wildman–Crippen MR) is 82.5 cm³/mol. The number of nitrogens with one attached hydrogen (secondary N) is 1. The molecule has 5 nitrogen and oxygen atoms in total. The Balaban J connectivity index is 5.13. The summed E-state index contributed by atoms with van der Waals surface area (Å²) in [6.07, 6.45) is 1.09. The molecule has 0 fully saturated rings. The van der Waals surface area contributed by atoms with Gasteiger partial charge in [-0.15, -0.1) is 6.58 Å². The highest BCUT2D eigenvalue weighted by atomic mass is 28.3. The Morgan fingerprint density at radius 2 is 1.75 bits per heavy atom. The molecule has 0 heterocycles. The van der Waals surface area contributed by atoms with Crippen LogP contribution in [0.15, 0.2) is 12.7 Å². The van der Waals surface area contributed by atoms with Gasteiger partial charge in [-0.3, -0.25) is 0 Å². The molecule has 0 aliphatic heterocycles. The summed E-state index contributed by atoms with van der Waals surface area (Å²) >= 11 is 0. The molecule has 0 rings (SSSR count). The third-order valence-electron chi connectivity index (χ3n) is 2.74. The molecule has 0 bridgehead atoms. The largest absolute Gasteiger partial charge is 0.467 e. The van der Waals surface area contributed by atoms with Gasteiger partial charge in [0.15, 0.2) is 0 Å². The topological polar surface area (TPSA) is 64.6 Å². The molecular formula is C14H27NO4Si. The van der Waals surface area contributed by atoms with E-state index < -0.39 is 31.8 Å². The molecule has 0 aromatic heterocycles. The summed E-state index contributed by atoms with van der Waals surface area (Å²) in [7, 11) is -0.441. The van der Waals surface area contributed by atoms with E-state index in [1.165, 1.54) is 7.11 Å². The van der Waals surface area contributed by atoms with Crippen LogP contribution in [0.3, 0.4) is 0 Å². The van der Waals surface area contributed by atoms with Crippen molar-refractivity contribution in [1.29, 1.82) is 0 Å². The average Bonchev–Trinajstić information content (AvgIpc) is 2.23. The van der Waals surface area contributed by atoms with Crippen molar-refractivity contribution in [1.82, 2.24) is 5.32 Å². The summed E-state index contributed by atoms with van der Waals surface area (Å²) in [6.45, 7) is 15.4. The maximum absolute atomic E-state index is 11.9. The first kappa shape index (κ1) is 18.7. The van der Waals surface area contributed by atoms with Gasteiger partial charge in [-0.05, 0) is 20.8 Å². The van der Waals surface area contributed by atoms with E-state index in [0.717, 1.165) is 0 Å². The Hall–Kier alpha value is -1.30. The maximum atomic E-state index is 11.9. The fourth-order valence-electron chi connectivity index (χ4n) is 1.85. The van der Waals surface area contributed by atoms with E-state index in [1.54, 1.807) is 26.8 Å². The Bertz CT molecular complexity index is 368. The van der Waals surface area contributed by atoms with Crippen LogP contribution in [-0.4, -0.2) is 38.9 Å². The molecule has 0 spiro atoms. The van der Waals surface area contributed by atoms with Gasteiger partial charge in [-0.2, -0.15) is 0 Å². The molecule has 0 aromatic rings. The highest BCUT2D eigenvalue weighted by Gasteiger charge is 2.38. The van der Waals surface area contributed by atoms with Gasteiger partial charge < -0.3 is 14.8 Å². The first-order valence-electron chi connectivity index (χ1n) is 6.62. The summed E-state index contributed by atoms with van der Waals surface area (Å²) < 4.78 is 9.98. The Labute approximate surface area is 122 Å². The summed E-state index contributed by atoms with van der Waals surface area (Å²) in [4.78, 5) is 23.8. The van der Waals surface area contributed by atoms with Crippen molar-refractivity contribution in [3.8, 4) is 0 Å². The van der Waals surface area contributed by atoms with Gasteiger partial charge in [-0.1, -0.05) is 25.7 Å². The van der Waals surface area contributed by atoms with Crippen LogP contribution in [0.5, 0.6) is 0 Å². The normalized spacial score (nSPS) is 14.9. The minimum absolute atomic E-state index is 0.137. The zero-order valence-corrected chi connectivity index (χ0v) is 14.6. The number of ether oxygens (including phenoxy) is 2. The van der Waals surface area contributed by atoms with Crippen molar-refractivity contribution in [2.45, 2.75) is 57.6 Å². The van der Waals surface area contributed by atoms with Crippen LogP contribution in [0.4, 0.5) is 4.79 Å². The van der Waals surface area contributed by atoms with Gasteiger partial charge in [0.05, 0.1) is 15.2 Å². The Morgan fingerprint density at radius 3 is 2.05 bits per heavy atom. The van der Waals surface area contributed by atoms with Crippen LogP contribution in [0.2, 0.25) is 25.2 Å². The summed E-state index contributed by atoms with van der Waals surface area (Å²) in [5.74, 6) is -0.483. The lowest BCUT2D eigenvalue weighted by molar-refractivity contribution is -0.143. The van der Waals surface area contributed by atoms with Crippen LogP contribution < -0.4 is 5.32 Å². The number of esters is 1. The molecular weight excluding hydrogens is 274 g/mol. The van der Waals surface area contributed by atoms with Gasteiger partial charge in [0, 0.05) is 5.54 Å². The predicted octanol–water partition coefficient (Wildman–Crippen LogP) is 2.95. The fraction of sp³-hybridized carbons (Fsp3) is 0.714.